The minimum atomic E-state index is -0.235. The third-order valence-electron chi connectivity index (χ3n) is 3.33. The number of hydrogen-bond donors (Lipinski definition) is 0. The van der Waals surface area contributed by atoms with Crippen LogP contribution in [0.1, 0.15) is 27.7 Å². The molecule has 1 aliphatic heterocycles. The van der Waals surface area contributed by atoms with Crippen molar-refractivity contribution < 1.29 is 9.47 Å². The Morgan fingerprint density at radius 1 is 1.38 bits per heavy atom. The molecule has 0 bridgehead atoms. The van der Waals surface area contributed by atoms with E-state index in [1.54, 1.807) is 0 Å². The molecule has 1 fully saturated rings. The van der Waals surface area contributed by atoms with Crippen molar-refractivity contribution in [1.82, 2.24) is 0 Å². The van der Waals surface area contributed by atoms with Gasteiger partial charge in [0.1, 0.15) is 0 Å². The minimum Gasteiger partial charge on any atom is -0.351 e. The van der Waals surface area contributed by atoms with Crippen molar-refractivity contribution in [3.63, 3.8) is 0 Å². The maximum atomic E-state index is 5.71. The number of rotatable bonds is 1. The van der Waals surface area contributed by atoms with Crippen LogP contribution in [0.3, 0.4) is 0 Å². The molecule has 1 saturated heterocycles. The van der Waals surface area contributed by atoms with Crippen LogP contribution in [0.4, 0.5) is 0 Å². The molecule has 0 aromatic heterocycles. The molecule has 3 heteroatoms. The molecule has 0 saturated carbocycles. The molecule has 0 aliphatic carbocycles. The molecule has 0 aromatic rings. The van der Waals surface area contributed by atoms with Gasteiger partial charge in [-0.2, -0.15) is 0 Å². The number of ether oxygens (including phenoxy) is 2. The SMILES string of the molecule is CC1COC(CCl)OC(C)C1(C)C. The number of halogens is 1. The summed E-state index contributed by atoms with van der Waals surface area (Å²) in [6.07, 6.45) is -0.0466. The van der Waals surface area contributed by atoms with E-state index in [1.807, 2.05) is 0 Å². The van der Waals surface area contributed by atoms with Gasteiger partial charge in [-0.15, -0.1) is 11.6 Å². The van der Waals surface area contributed by atoms with Crippen LogP contribution in [0.5, 0.6) is 0 Å². The predicted molar refractivity (Wildman–Crippen MR) is 54.0 cm³/mol. The molecular formula is C10H19ClO2. The van der Waals surface area contributed by atoms with Gasteiger partial charge in [0.2, 0.25) is 0 Å². The average Bonchev–Trinajstić information content (AvgIpc) is 2.17. The lowest BCUT2D eigenvalue weighted by Gasteiger charge is -2.34. The fraction of sp³-hybridized carbons (Fsp3) is 1.00. The lowest BCUT2D eigenvalue weighted by Crippen LogP contribution is -2.35. The molecule has 3 unspecified atom stereocenters. The van der Waals surface area contributed by atoms with Crippen molar-refractivity contribution in [1.29, 1.82) is 0 Å². The zero-order valence-electron chi connectivity index (χ0n) is 8.84. The van der Waals surface area contributed by atoms with Crippen LogP contribution in [0.15, 0.2) is 0 Å². The molecule has 2 nitrogen and oxygen atoms in total. The van der Waals surface area contributed by atoms with Gasteiger partial charge in [-0.3, -0.25) is 0 Å². The highest BCUT2D eigenvalue weighted by atomic mass is 35.5. The highest BCUT2D eigenvalue weighted by Gasteiger charge is 2.37. The van der Waals surface area contributed by atoms with Crippen LogP contribution in [0.2, 0.25) is 0 Å². The quantitative estimate of drug-likeness (QED) is 0.615. The fourth-order valence-corrected chi connectivity index (χ4v) is 1.55. The van der Waals surface area contributed by atoms with Crippen molar-refractivity contribution in [2.45, 2.75) is 40.1 Å². The summed E-state index contributed by atoms with van der Waals surface area (Å²) < 4.78 is 11.2. The van der Waals surface area contributed by atoms with Crippen molar-refractivity contribution in [3.8, 4) is 0 Å². The molecular weight excluding hydrogens is 188 g/mol. The molecule has 1 rings (SSSR count). The lowest BCUT2D eigenvalue weighted by molar-refractivity contribution is -0.147. The Hall–Kier alpha value is 0.210. The second-order valence-corrected chi connectivity index (χ2v) is 4.73. The van der Waals surface area contributed by atoms with Crippen molar-refractivity contribution >= 4 is 11.6 Å². The summed E-state index contributed by atoms with van der Waals surface area (Å²) in [6.45, 7) is 9.43. The van der Waals surface area contributed by atoms with Gasteiger partial charge in [0.05, 0.1) is 18.6 Å². The van der Waals surface area contributed by atoms with E-state index in [4.69, 9.17) is 21.1 Å². The molecule has 3 atom stereocenters. The Labute approximate surface area is 85.5 Å². The van der Waals surface area contributed by atoms with Gasteiger partial charge in [-0.05, 0) is 18.3 Å². The smallest absolute Gasteiger partial charge is 0.171 e. The first-order chi connectivity index (χ1) is 5.98. The van der Waals surface area contributed by atoms with Crippen molar-refractivity contribution in [2.24, 2.45) is 11.3 Å². The first-order valence-electron chi connectivity index (χ1n) is 4.81. The van der Waals surface area contributed by atoms with Crippen LogP contribution in [0.25, 0.3) is 0 Å². The van der Waals surface area contributed by atoms with Crippen molar-refractivity contribution in [2.75, 3.05) is 12.5 Å². The second kappa shape index (κ2) is 4.16. The Balaban J connectivity index is 2.70. The van der Waals surface area contributed by atoms with Crippen molar-refractivity contribution in [3.05, 3.63) is 0 Å². The molecule has 0 aromatic carbocycles. The Kier molecular flexibility index (Phi) is 3.61. The van der Waals surface area contributed by atoms with E-state index in [-0.39, 0.29) is 17.8 Å². The molecule has 0 amide bonds. The van der Waals surface area contributed by atoms with Gasteiger partial charge in [0.15, 0.2) is 6.29 Å². The summed E-state index contributed by atoms with van der Waals surface area (Å²) in [5, 5.41) is 0. The topological polar surface area (TPSA) is 18.5 Å². The standard InChI is InChI=1S/C10H19ClO2/c1-7-6-12-9(5-11)13-8(2)10(7,3)4/h7-9H,5-6H2,1-4H3. The molecule has 13 heavy (non-hydrogen) atoms. The summed E-state index contributed by atoms with van der Waals surface area (Å²) >= 11 is 5.71. The van der Waals surface area contributed by atoms with E-state index in [0.717, 1.165) is 6.61 Å². The Bertz CT molecular complexity index is 170. The van der Waals surface area contributed by atoms with Crippen LogP contribution >= 0.6 is 11.6 Å². The van der Waals surface area contributed by atoms with Crippen LogP contribution in [0, 0.1) is 11.3 Å². The van der Waals surface area contributed by atoms with E-state index >= 15 is 0 Å². The normalized spacial score (nSPS) is 39.9. The third-order valence-corrected chi connectivity index (χ3v) is 3.58. The first-order valence-corrected chi connectivity index (χ1v) is 5.35. The monoisotopic (exact) mass is 206 g/mol. The van der Waals surface area contributed by atoms with E-state index in [0.29, 0.717) is 11.8 Å². The highest BCUT2D eigenvalue weighted by molar-refractivity contribution is 6.18. The van der Waals surface area contributed by atoms with Gasteiger partial charge in [-0.1, -0.05) is 20.8 Å². The fourth-order valence-electron chi connectivity index (χ4n) is 1.39. The van der Waals surface area contributed by atoms with Gasteiger partial charge in [0.25, 0.3) is 0 Å². The zero-order chi connectivity index (χ0) is 10.1. The summed E-state index contributed by atoms with van der Waals surface area (Å²) in [7, 11) is 0. The highest BCUT2D eigenvalue weighted by Crippen LogP contribution is 2.35. The molecule has 1 aliphatic rings. The first kappa shape index (κ1) is 11.3. The molecule has 1 heterocycles. The van der Waals surface area contributed by atoms with E-state index in [2.05, 4.69) is 27.7 Å². The summed E-state index contributed by atoms with van der Waals surface area (Å²) in [4.78, 5) is 0. The van der Waals surface area contributed by atoms with Crippen LogP contribution in [-0.4, -0.2) is 24.9 Å². The van der Waals surface area contributed by atoms with E-state index in [1.165, 1.54) is 0 Å². The summed E-state index contributed by atoms with van der Waals surface area (Å²) in [5.74, 6) is 0.906. The maximum absolute atomic E-state index is 5.71. The van der Waals surface area contributed by atoms with Gasteiger partial charge in [-0.25, -0.2) is 0 Å². The van der Waals surface area contributed by atoms with E-state index in [9.17, 15) is 0 Å². The largest absolute Gasteiger partial charge is 0.351 e. The number of alkyl halides is 1. The third kappa shape index (κ3) is 2.36. The predicted octanol–water partition coefficient (Wildman–Crippen LogP) is 2.65. The molecule has 0 radical (unpaired) electrons. The van der Waals surface area contributed by atoms with E-state index < -0.39 is 0 Å². The Morgan fingerprint density at radius 3 is 2.54 bits per heavy atom. The van der Waals surface area contributed by atoms with Gasteiger partial charge >= 0.3 is 0 Å². The van der Waals surface area contributed by atoms with Gasteiger partial charge < -0.3 is 9.47 Å². The summed E-state index contributed by atoms with van der Waals surface area (Å²) in [6, 6.07) is 0. The van der Waals surface area contributed by atoms with Gasteiger partial charge in [0, 0.05) is 0 Å². The second-order valence-electron chi connectivity index (χ2n) is 4.42. The lowest BCUT2D eigenvalue weighted by atomic mass is 9.76. The molecule has 0 N–H and O–H groups in total. The maximum Gasteiger partial charge on any atom is 0.171 e. The Morgan fingerprint density at radius 2 is 2.00 bits per heavy atom. The van der Waals surface area contributed by atoms with Crippen LogP contribution in [-0.2, 0) is 9.47 Å². The minimum absolute atomic E-state index is 0.154. The summed E-state index contributed by atoms with van der Waals surface area (Å²) in [5.41, 5.74) is 0.154. The molecule has 78 valence electrons. The van der Waals surface area contributed by atoms with Crippen LogP contribution < -0.4 is 0 Å². The zero-order valence-corrected chi connectivity index (χ0v) is 9.60. The average molecular weight is 207 g/mol. The number of hydrogen-bond acceptors (Lipinski definition) is 2. The molecule has 0 spiro atoms.